The number of nitrogens with two attached hydrogens (primary N) is 1. The second-order valence-corrected chi connectivity index (χ2v) is 7.27. The van der Waals surface area contributed by atoms with Gasteiger partial charge in [0.2, 0.25) is 0 Å². The summed E-state index contributed by atoms with van der Waals surface area (Å²) in [6.07, 6.45) is 6.57. The molecule has 2 aromatic rings. The van der Waals surface area contributed by atoms with Crippen LogP contribution in [0.4, 0.5) is 5.82 Å². The summed E-state index contributed by atoms with van der Waals surface area (Å²) in [6, 6.07) is 13.2. The predicted octanol–water partition coefficient (Wildman–Crippen LogP) is 3.36. The monoisotopic (exact) mass is 337 g/mol. The highest BCUT2D eigenvalue weighted by Crippen LogP contribution is 2.35. The van der Waals surface area contributed by atoms with Crippen molar-refractivity contribution in [1.82, 2.24) is 4.98 Å². The fourth-order valence-corrected chi connectivity index (χ4v) is 4.08. The van der Waals surface area contributed by atoms with Gasteiger partial charge in [0, 0.05) is 50.0 Å². The minimum Gasteiger partial charge on any atom is -0.381 e. The Morgan fingerprint density at radius 2 is 1.64 bits per heavy atom. The molecule has 0 saturated carbocycles. The molecule has 1 aromatic carbocycles. The molecule has 0 atom stereocenters. The van der Waals surface area contributed by atoms with Gasteiger partial charge in [-0.2, -0.15) is 0 Å². The van der Waals surface area contributed by atoms with E-state index in [-0.39, 0.29) is 5.41 Å². The molecule has 4 rings (SSSR count). The van der Waals surface area contributed by atoms with Crippen molar-refractivity contribution in [1.29, 1.82) is 0 Å². The van der Waals surface area contributed by atoms with E-state index in [4.69, 9.17) is 10.5 Å². The Balaban J connectivity index is 1.53. The first kappa shape index (κ1) is 16.6. The highest BCUT2D eigenvalue weighted by atomic mass is 16.5. The molecule has 0 amide bonds. The zero-order valence-electron chi connectivity index (χ0n) is 14.8. The van der Waals surface area contributed by atoms with Crippen LogP contribution in [0.2, 0.25) is 0 Å². The van der Waals surface area contributed by atoms with E-state index in [1.807, 2.05) is 6.20 Å². The van der Waals surface area contributed by atoms with Crippen molar-refractivity contribution in [3.63, 3.8) is 0 Å². The van der Waals surface area contributed by atoms with E-state index >= 15 is 0 Å². The van der Waals surface area contributed by atoms with E-state index < -0.39 is 0 Å². The number of nitrogens with zero attached hydrogens (tertiary/aromatic N) is 2. The van der Waals surface area contributed by atoms with E-state index in [0.29, 0.717) is 6.54 Å². The van der Waals surface area contributed by atoms with Gasteiger partial charge in [-0.1, -0.05) is 24.3 Å². The lowest BCUT2D eigenvalue weighted by molar-refractivity contribution is 0.0530. The van der Waals surface area contributed by atoms with E-state index in [1.54, 1.807) is 0 Å². The van der Waals surface area contributed by atoms with Gasteiger partial charge in [-0.25, -0.2) is 4.98 Å². The lowest BCUT2D eigenvalue weighted by atomic mass is 9.74. The van der Waals surface area contributed by atoms with Crippen molar-refractivity contribution in [3.8, 4) is 11.1 Å². The van der Waals surface area contributed by atoms with Gasteiger partial charge in [0.05, 0.1) is 0 Å². The zero-order valence-corrected chi connectivity index (χ0v) is 14.8. The van der Waals surface area contributed by atoms with Crippen molar-refractivity contribution >= 4 is 5.82 Å². The predicted molar refractivity (Wildman–Crippen MR) is 102 cm³/mol. The van der Waals surface area contributed by atoms with Crippen LogP contribution in [0.1, 0.15) is 31.2 Å². The number of benzene rings is 1. The standard InChI is InChI=1S/C21H27N3O/c22-16-21(9-13-25-14-10-21)19-6-3-17(4-7-19)18-5-8-20(23-15-18)24-11-1-2-12-24/h3-8,15H,1-2,9-14,16,22H2. The Hall–Kier alpha value is -1.91. The summed E-state index contributed by atoms with van der Waals surface area (Å²) in [6.45, 7) is 4.56. The fourth-order valence-electron chi connectivity index (χ4n) is 4.08. The molecule has 0 unspecified atom stereocenters. The fraction of sp³-hybridized carbons (Fsp3) is 0.476. The van der Waals surface area contributed by atoms with Crippen LogP contribution in [0.5, 0.6) is 0 Å². The van der Waals surface area contributed by atoms with Gasteiger partial charge in [-0.3, -0.25) is 0 Å². The normalized spacial score (nSPS) is 20.0. The molecule has 2 aliphatic heterocycles. The lowest BCUT2D eigenvalue weighted by Crippen LogP contribution is -2.40. The molecule has 2 fully saturated rings. The smallest absolute Gasteiger partial charge is 0.128 e. The van der Waals surface area contributed by atoms with Crippen molar-refractivity contribution in [2.24, 2.45) is 5.73 Å². The molecule has 0 spiro atoms. The van der Waals surface area contributed by atoms with Gasteiger partial charge >= 0.3 is 0 Å². The number of pyridine rings is 1. The van der Waals surface area contributed by atoms with Crippen LogP contribution >= 0.6 is 0 Å². The van der Waals surface area contributed by atoms with E-state index in [9.17, 15) is 0 Å². The van der Waals surface area contributed by atoms with Gasteiger partial charge in [0.25, 0.3) is 0 Å². The van der Waals surface area contributed by atoms with Gasteiger partial charge in [-0.05, 0) is 48.9 Å². The zero-order chi connectivity index (χ0) is 17.1. The van der Waals surface area contributed by atoms with Crippen LogP contribution in [-0.2, 0) is 10.2 Å². The van der Waals surface area contributed by atoms with Crippen LogP contribution in [0, 0.1) is 0 Å². The first-order chi connectivity index (χ1) is 12.3. The number of hydrogen-bond acceptors (Lipinski definition) is 4. The van der Waals surface area contributed by atoms with Crippen molar-refractivity contribution in [3.05, 3.63) is 48.2 Å². The molecule has 0 bridgehead atoms. The highest BCUT2D eigenvalue weighted by molar-refractivity contribution is 5.64. The number of anilines is 1. The second kappa shape index (κ2) is 7.14. The molecule has 25 heavy (non-hydrogen) atoms. The Labute approximate surface area is 150 Å². The molecule has 2 saturated heterocycles. The lowest BCUT2D eigenvalue weighted by Gasteiger charge is -2.36. The van der Waals surface area contributed by atoms with Crippen molar-refractivity contribution in [2.75, 3.05) is 37.7 Å². The second-order valence-electron chi connectivity index (χ2n) is 7.27. The van der Waals surface area contributed by atoms with E-state index in [0.717, 1.165) is 45.0 Å². The van der Waals surface area contributed by atoms with Gasteiger partial charge < -0.3 is 15.4 Å². The first-order valence-corrected chi connectivity index (χ1v) is 9.40. The summed E-state index contributed by atoms with van der Waals surface area (Å²) in [5.41, 5.74) is 9.92. The summed E-state index contributed by atoms with van der Waals surface area (Å²) < 4.78 is 5.53. The molecule has 1 aromatic heterocycles. The third-order valence-electron chi connectivity index (χ3n) is 5.85. The Kier molecular flexibility index (Phi) is 4.73. The minimum absolute atomic E-state index is 0.0780. The van der Waals surface area contributed by atoms with Crippen LogP contribution in [0.3, 0.4) is 0 Å². The topological polar surface area (TPSA) is 51.4 Å². The molecule has 2 aliphatic rings. The molecule has 132 valence electrons. The summed E-state index contributed by atoms with van der Waals surface area (Å²) in [5.74, 6) is 1.10. The molecule has 0 aliphatic carbocycles. The Morgan fingerprint density at radius 3 is 2.24 bits per heavy atom. The van der Waals surface area contributed by atoms with Crippen LogP contribution < -0.4 is 10.6 Å². The van der Waals surface area contributed by atoms with E-state index in [2.05, 4.69) is 46.3 Å². The van der Waals surface area contributed by atoms with Crippen LogP contribution in [-0.4, -0.2) is 37.8 Å². The van der Waals surface area contributed by atoms with Gasteiger partial charge in [0.15, 0.2) is 0 Å². The maximum absolute atomic E-state index is 6.13. The first-order valence-electron chi connectivity index (χ1n) is 9.40. The SMILES string of the molecule is NCC1(c2ccc(-c3ccc(N4CCCC4)nc3)cc2)CCOCC1. The quantitative estimate of drug-likeness (QED) is 0.929. The molecular formula is C21H27N3O. The third-order valence-corrected chi connectivity index (χ3v) is 5.85. The molecule has 0 radical (unpaired) electrons. The van der Waals surface area contributed by atoms with Crippen LogP contribution in [0.25, 0.3) is 11.1 Å². The molecule has 2 N–H and O–H groups in total. The van der Waals surface area contributed by atoms with Crippen LogP contribution in [0.15, 0.2) is 42.6 Å². The highest BCUT2D eigenvalue weighted by Gasteiger charge is 2.32. The molecule has 3 heterocycles. The minimum atomic E-state index is 0.0780. The van der Waals surface area contributed by atoms with Gasteiger partial charge in [-0.15, -0.1) is 0 Å². The molecule has 4 nitrogen and oxygen atoms in total. The largest absolute Gasteiger partial charge is 0.381 e. The average Bonchev–Trinajstić information content (AvgIpc) is 3.24. The third kappa shape index (κ3) is 3.29. The average molecular weight is 337 g/mol. The summed E-state index contributed by atoms with van der Waals surface area (Å²) >= 11 is 0. The number of hydrogen-bond donors (Lipinski definition) is 1. The van der Waals surface area contributed by atoms with E-state index in [1.165, 1.54) is 29.5 Å². The summed E-state index contributed by atoms with van der Waals surface area (Å²) in [7, 11) is 0. The number of ether oxygens (including phenoxy) is 1. The molecular weight excluding hydrogens is 310 g/mol. The van der Waals surface area contributed by atoms with Crippen molar-refractivity contribution < 1.29 is 4.74 Å². The maximum atomic E-state index is 6.13. The van der Waals surface area contributed by atoms with Gasteiger partial charge in [0.1, 0.15) is 5.82 Å². The Morgan fingerprint density at radius 1 is 0.960 bits per heavy atom. The summed E-state index contributed by atoms with van der Waals surface area (Å²) in [5, 5.41) is 0. The number of rotatable bonds is 4. The molecule has 4 heteroatoms. The number of aromatic nitrogens is 1. The summed E-state index contributed by atoms with van der Waals surface area (Å²) in [4.78, 5) is 7.03. The Bertz CT molecular complexity index is 684. The maximum Gasteiger partial charge on any atom is 0.128 e. The van der Waals surface area contributed by atoms with Crippen molar-refractivity contribution in [2.45, 2.75) is 31.1 Å².